The summed E-state index contributed by atoms with van der Waals surface area (Å²) in [5.74, 6) is 1.000. The molecule has 0 radical (unpaired) electrons. The lowest BCUT2D eigenvalue weighted by molar-refractivity contribution is -0.384. The molecule has 0 saturated carbocycles. The van der Waals surface area contributed by atoms with E-state index in [4.69, 9.17) is 4.74 Å². The third-order valence-corrected chi connectivity index (χ3v) is 3.84. The zero-order valence-corrected chi connectivity index (χ0v) is 15.0. The van der Waals surface area contributed by atoms with Crippen molar-refractivity contribution in [2.75, 3.05) is 5.32 Å². The van der Waals surface area contributed by atoms with Crippen LogP contribution in [0.4, 0.5) is 11.4 Å². The number of carbonyl (C=O) groups excluding carboxylic acids is 1. The van der Waals surface area contributed by atoms with Crippen molar-refractivity contribution in [2.45, 2.75) is 6.92 Å². The molecule has 3 rings (SSSR count). The number of carbonyl (C=O) groups is 1. The number of nitrogens with one attached hydrogen (secondary N) is 1. The highest BCUT2D eigenvalue weighted by Crippen LogP contribution is 2.26. The van der Waals surface area contributed by atoms with E-state index in [1.807, 2.05) is 19.1 Å². The van der Waals surface area contributed by atoms with Crippen LogP contribution >= 0.6 is 0 Å². The number of aryl methyl sites for hydroxylation is 1. The van der Waals surface area contributed by atoms with Gasteiger partial charge >= 0.3 is 0 Å². The molecule has 1 aromatic heterocycles. The van der Waals surface area contributed by atoms with Crippen molar-refractivity contribution in [1.29, 1.82) is 0 Å². The van der Waals surface area contributed by atoms with E-state index in [9.17, 15) is 14.9 Å². The van der Waals surface area contributed by atoms with Crippen LogP contribution in [0.25, 0.3) is 6.08 Å². The van der Waals surface area contributed by atoms with E-state index in [0.717, 1.165) is 5.56 Å². The number of hydrogen-bond donors (Lipinski definition) is 1. The topological polar surface area (TPSA) is 94.4 Å². The molecule has 3 aromatic rings. The summed E-state index contributed by atoms with van der Waals surface area (Å²) in [4.78, 5) is 26.3. The number of anilines is 1. The van der Waals surface area contributed by atoms with Crippen LogP contribution in [0.3, 0.4) is 0 Å². The van der Waals surface area contributed by atoms with Gasteiger partial charge in [-0.15, -0.1) is 0 Å². The minimum Gasteiger partial charge on any atom is -0.455 e. The van der Waals surface area contributed by atoms with Crippen LogP contribution in [0.15, 0.2) is 73.1 Å². The number of nitrogens with zero attached hydrogens (tertiary/aromatic N) is 2. The normalized spacial score (nSPS) is 10.6. The van der Waals surface area contributed by atoms with Gasteiger partial charge in [-0.1, -0.05) is 0 Å². The van der Waals surface area contributed by atoms with Crippen molar-refractivity contribution >= 4 is 23.4 Å². The van der Waals surface area contributed by atoms with E-state index >= 15 is 0 Å². The number of aromatic nitrogens is 1. The van der Waals surface area contributed by atoms with E-state index in [1.165, 1.54) is 18.2 Å². The van der Waals surface area contributed by atoms with Crippen LogP contribution in [0.1, 0.15) is 11.1 Å². The average Bonchev–Trinajstić information content (AvgIpc) is 2.69. The van der Waals surface area contributed by atoms with Crippen LogP contribution in [0.5, 0.6) is 11.5 Å². The monoisotopic (exact) mass is 375 g/mol. The van der Waals surface area contributed by atoms with Gasteiger partial charge in [0.05, 0.1) is 11.1 Å². The zero-order chi connectivity index (χ0) is 19.9. The molecule has 0 spiro atoms. The Morgan fingerprint density at radius 3 is 2.61 bits per heavy atom. The SMILES string of the molecule is Cc1cc(NC(=O)/C=C/c2ccc([N+](=O)[O-])cc2)ccc1Oc1cccnc1. The van der Waals surface area contributed by atoms with Gasteiger partial charge in [-0.2, -0.15) is 0 Å². The first-order valence-corrected chi connectivity index (χ1v) is 8.43. The number of pyridine rings is 1. The summed E-state index contributed by atoms with van der Waals surface area (Å²) >= 11 is 0. The van der Waals surface area contributed by atoms with Crippen molar-refractivity contribution in [2.24, 2.45) is 0 Å². The van der Waals surface area contributed by atoms with Crippen LogP contribution in [-0.2, 0) is 4.79 Å². The van der Waals surface area contributed by atoms with Gasteiger partial charge in [0, 0.05) is 30.1 Å². The van der Waals surface area contributed by atoms with Gasteiger partial charge in [0.25, 0.3) is 5.69 Å². The molecule has 2 aromatic carbocycles. The van der Waals surface area contributed by atoms with Crippen LogP contribution in [-0.4, -0.2) is 15.8 Å². The average molecular weight is 375 g/mol. The molecular weight excluding hydrogens is 358 g/mol. The van der Waals surface area contributed by atoms with E-state index < -0.39 is 4.92 Å². The van der Waals surface area contributed by atoms with Crippen LogP contribution in [0, 0.1) is 17.0 Å². The maximum atomic E-state index is 12.1. The van der Waals surface area contributed by atoms with Crippen molar-refractivity contribution < 1.29 is 14.5 Å². The fourth-order valence-corrected chi connectivity index (χ4v) is 2.44. The molecular formula is C21H17N3O4. The molecule has 0 aliphatic carbocycles. The zero-order valence-electron chi connectivity index (χ0n) is 15.0. The van der Waals surface area contributed by atoms with E-state index in [0.29, 0.717) is 22.7 Å². The Labute approximate surface area is 161 Å². The molecule has 0 saturated heterocycles. The highest BCUT2D eigenvalue weighted by atomic mass is 16.6. The maximum Gasteiger partial charge on any atom is 0.269 e. The van der Waals surface area contributed by atoms with Gasteiger partial charge in [-0.3, -0.25) is 19.9 Å². The number of non-ortho nitro benzene ring substituents is 1. The van der Waals surface area contributed by atoms with Crippen molar-refractivity contribution in [1.82, 2.24) is 4.98 Å². The smallest absolute Gasteiger partial charge is 0.269 e. The maximum absolute atomic E-state index is 12.1. The number of ether oxygens (including phenoxy) is 1. The first-order valence-electron chi connectivity index (χ1n) is 8.43. The highest BCUT2D eigenvalue weighted by molar-refractivity contribution is 6.02. The largest absolute Gasteiger partial charge is 0.455 e. The number of rotatable bonds is 6. The number of nitro groups is 1. The predicted molar refractivity (Wildman–Crippen MR) is 106 cm³/mol. The van der Waals surface area contributed by atoms with Gasteiger partial charge < -0.3 is 10.1 Å². The molecule has 1 amide bonds. The molecule has 0 aliphatic rings. The van der Waals surface area contributed by atoms with Crippen molar-refractivity contribution in [3.8, 4) is 11.5 Å². The highest BCUT2D eigenvalue weighted by Gasteiger charge is 2.06. The molecule has 1 heterocycles. The van der Waals surface area contributed by atoms with E-state index in [-0.39, 0.29) is 11.6 Å². The summed E-state index contributed by atoms with van der Waals surface area (Å²) in [6.45, 7) is 1.88. The standard InChI is InChI=1S/C21H17N3O4/c1-15-13-17(7-10-20(15)28-19-3-2-12-22-14-19)23-21(25)11-6-16-4-8-18(9-5-16)24(26)27/h2-14H,1H3,(H,23,25)/b11-6+. The second kappa shape index (κ2) is 8.59. The van der Waals surface area contributed by atoms with Gasteiger partial charge in [-0.25, -0.2) is 0 Å². The number of nitro benzene ring substituents is 1. The summed E-state index contributed by atoms with van der Waals surface area (Å²) in [6.07, 6.45) is 6.25. The molecule has 140 valence electrons. The first-order chi connectivity index (χ1) is 13.5. The Bertz CT molecular complexity index is 1020. The second-order valence-corrected chi connectivity index (χ2v) is 5.94. The fourth-order valence-electron chi connectivity index (χ4n) is 2.44. The molecule has 0 bridgehead atoms. The lowest BCUT2D eigenvalue weighted by atomic mass is 10.2. The number of amides is 1. The third kappa shape index (κ3) is 5.01. The summed E-state index contributed by atoms with van der Waals surface area (Å²) < 4.78 is 5.76. The molecule has 0 fully saturated rings. The molecule has 0 atom stereocenters. The predicted octanol–water partition coefficient (Wildman–Crippen LogP) is 4.74. The Morgan fingerprint density at radius 2 is 1.96 bits per heavy atom. The lowest BCUT2D eigenvalue weighted by Crippen LogP contribution is -2.07. The Hall–Kier alpha value is -4.00. The minimum atomic E-state index is -0.468. The molecule has 28 heavy (non-hydrogen) atoms. The van der Waals surface area contributed by atoms with Crippen molar-refractivity contribution in [3.05, 3.63) is 94.3 Å². The van der Waals surface area contributed by atoms with E-state index in [1.54, 1.807) is 48.8 Å². The first kappa shape index (κ1) is 18.8. The molecule has 7 heteroatoms. The molecule has 0 unspecified atom stereocenters. The molecule has 7 nitrogen and oxygen atoms in total. The van der Waals surface area contributed by atoms with Crippen LogP contribution < -0.4 is 10.1 Å². The Balaban J connectivity index is 1.62. The number of hydrogen-bond acceptors (Lipinski definition) is 5. The molecule has 1 N–H and O–H groups in total. The van der Waals surface area contributed by atoms with Gasteiger partial charge in [0.15, 0.2) is 0 Å². The summed E-state index contributed by atoms with van der Waals surface area (Å²) in [5, 5.41) is 13.4. The second-order valence-electron chi connectivity index (χ2n) is 5.94. The van der Waals surface area contributed by atoms with Gasteiger partial charge in [-0.05, 0) is 66.6 Å². The fraction of sp³-hybridized carbons (Fsp3) is 0.0476. The third-order valence-electron chi connectivity index (χ3n) is 3.84. The van der Waals surface area contributed by atoms with Gasteiger partial charge in [0.2, 0.25) is 5.91 Å². The molecule has 0 aliphatic heterocycles. The minimum absolute atomic E-state index is 0.00525. The summed E-state index contributed by atoms with van der Waals surface area (Å²) in [5.41, 5.74) is 2.19. The lowest BCUT2D eigenvalue weighted by Gasteiger charge is -2.10. The Morgan fingerprint density at radius 1 is 1.18 bits per heavy atom. The number of benzene rings is 2. The summed E-state index contributed by atoms with van der Waals surface area (Å²) in [7, 11) is 0. The van der Waals surface area contributed by atoms with Crippen molar-refractivity contribution in [3.63, 3.8) is 0 Å². The quantitative estimate of drug-likeness (QED) is 0.381. The van der Waals surface area contributed by atoms with E-state index in [2.05, 4.69) is 10.3 Å². The van der Waals surface area contributed by atoms with Gasteiger partial charge in [0.1, 0.15) is 11.5 Å². The summed E-state index contributed by atoms with van der Waals surface area (Å²) in [6, 6.07) is 14.9. The van der Waals surface area contributed by atoms with Crippen LogP contribution in [0.2, 0.25) is 0 Å². The Kier molecular flexibility index (Phi) is 5.76.